The smallest absolute Gasteiger partial charge is 0.195 e. The van der Waals surface area contributed by atoms with E-state index in [1.54, 1.807) is 18.1 Å². The molecule has 0 amide bonds. The highest BCUT2D eigenvalue weighted by molar-refractivity contribution is 7.98. The van der Waals surface area contributed by atoms with E-state index in [0.717, 1.165) is 27.3 Å². The highest BCUT2D eigenvalue weighted by atomic mass is 35.5. The molecule has 2 aromatic heterocycles. The van der Waals surface area contributed by atoms with Gasteiger partial charge in [0.05, 0.1) is 11.2 Å². The maximum Gasteiger partial charge on any atom is 0.195 e. The largest absolute Gasteiger partial charge is 0.276 e. The van der Waals surface area contributed by atoms with Crippen LogP contribution < -0.4 is 0 Å². The second-order valence-corrected chi connectivity index (χ2v) is 7.49. The minimum Gasteiger partial charge on any atom is -0.276 e. The number of fused-ring (bicyclic) bond motifs is 1. The predicted molar refractivity (Wildman–Crippen MR) is 107 cm³/mol. The Balaban J connectivity index is 1.63. The normalized spacial score (nSPS) is 11.2. The number of para-hydroxylation sites is 1. The van der Waals surface area contributed by atoms with Gasteiger partial charge in [-0.3, -0.25) is 4.57 Å². The maximum atomic E-state index is 6.38. The Morgan fingerprint density at radius 3 is 2.81 bits per heavy atom. The fourth-order valence-corrected chi connectivity index (χ4v) is 4.03. The zero-order valence-corrected chi connectivity index (χ0v) is 16.1. The van der Waals surface area contributed by atoms with Crippen molar-refractivity contribution in [3.63, 3.8) is 0 Å². The number of hydrogen-bond acceptors (Lipinski definition) is 4. The van der Waals surface area contributed by atoms with Crippen LogP contribution in [-0.4, -0.2) is 19.7 Å². The van der Waals surface area contributed by atoms with E-state index >= 15 is 0 Å². The van der Waals surface area contributed by atoms with Crippen LogP contribution in [0.5, 0.6) is 0 Å². The zero-order chi connectivity index (χ0) is 18.1. The number of aryl methyl sites for hydroxylation is 2. The van der Waals surface area contributed by atoms with E-state index in [0.29, 0.717) is 10.9 Å². The molecule has 4 aromatic rings. The van der Waals surface area contributed by atoms with Gasteiger partial charge in [0, 0.05) is 16.7 Å². The van der Waals surface area contributed by atoms with Crippen molar-refractivity contribution in [3.05, 3.63) is 76.7 Å². The number of pyridine rings is 1. The van der Waals surface area contributed by atoms with Crippen LogP contribution in [0.15, 0.2) is 60.0 Å². The first-order valence-electron chi connectivity index (χ1n) is 8.26. The Hall–Kier alpha value is -2.37. The van der Waals surface area contributed by atoms with Gasteiger partial charge >= 0.3 is 0 Å². The Kier molecular flexibility index (Phi) is 4.66. The number of nitrogens with zero attached hydrogens (tertiary/aromatic N) is 4. The molecule has 4 nitrogen and oxygen atoms in total. The van der Waals surface area contributed by atoms with Crippen LogP contribution >= 0.6 is 23.4 Å². The van der Waals surface area contributed by atoms with Crippen molar-refractivity contribution in [1.82, 2.24) is 19.7 Å². The molecule has 0 unspecified atom stereocenters. The molecule has 0 aliphatic heterocycles. The summed E-state index contributed by atoms with van der Waals surface area (Å²) in [6.45, 7) is 4.17. The number of hydrogen-bond donors (Lipinski definition) is 0. The van der Waals surface area contributed by atoms with Gasteiger partial charge in [-0.15, -0.1) is 10.2 Å². The molecule has 0 saturated carbocycles. The first-order valence-corrected chi connectivity index (χ1v) is 9.63. The van der Waals surface area contributed by atoms with Crippen molar-refractivity contribution < 1.29 is 0 Å². The Labute approximate surface area is 161 Å². The molecule has 4 rings (SSSR count). The molecule has 2 heterocycles. The highest BCUT2D eigenvalue weighted by Crippen LogP contribution is 2.29. The molecule has 6 heteroatoms. The topological polar surface area (TPSA) is 43.6 Å². The summed E-state index contributed by atoms with van der Waals surface area (Å²) in [7, 11) is 0. The predicted octanol–water partition coefficient (Wildman–Crippen LogP) is 5.38. The second kappa shape index (κ2) is 7.09. The quantitative estimate of drug-likeness (QED) is 0.352. The fraction of sp³-hybridized carbons (Fsp3) is 0.150. The van der Waals surface area contributed by atoms with Gasteiger partial charge in [0.15, 0.2) is 5.16 Å². The van der Waals surface area contributed by atoms with Crippen LogP contribution in [0.25, 0.3) is 16.6 Å². The third kappa shape index (κ3) is 3.32. The molecule has 0 radical (unpaired) electrons. The standard InChI is InChI=1S/C20H17ClN4S/c1-13-7-8-14(2)18(9-13)25-12-22-24-20(25)26-11-16-10-15-5-3-4-6-17(15)23-19(16)21/h3-10,12H,11H2,1-2H3. The van der Waals surface area contributed by atoms with Gasteiger partial charge in [0.2, 0.25) is 0 Å². The summed E-state index contributed by atoms with van der Waals surface area (Å²) in [4.78, 5) is 4.49. The SMILES string of the molecule is Cc1ccc(C)c(-n2cnnc2SCc2cc3ccccc3nc2Cl)c1. The third-order valence-corrected chi connectivity index (χ3v) is 5.57. The first-order chi connectivity index (χ1) is 12.6. The van der Waals surface area contributed by atoms with Crippen LogP contribution in [-0.2, 0) is 5.75 Å². The van der Waals surface area contributed by atoms with Crippen LogP contribution in [0.2, 0.25) is 5.15 Å². The van der Waals surface area contributed by atoms with Crippen molar-refractivity contribution in [2.45, 2.75) is 24.8 Å². The average molecular weight is 381 g/mol. The molecule has 0 spiro atoms. The summed E-state index contributed by atoms with van der Waals surface area (Å²) in [5.74, 6) is 0.681. The molecule has 0 aliphatic rings. The minimum atomic E-state index is 0.536. The monoisotopic (exact) mass is 380 g/mol. The third-order valence-electron chi connectivity index (χ3n) is 4.25. The molecule has 0 bridgehead atoms. The lowest BCUT2D eigenvalue weighted by molar-refractivity contribution is 0.876. The number of benzene rings is 2. The fourth-order valence-electron chi connectivity index (χ4n) is 2.85. The molecule has 26 heavy (non-hydrogen) atoms. The molecular weight excluding hydrogens is 364 g/mol. The number of halogens is 1. The van der Waals surface area contributed by atoms with Gasteiger partial charge in [-0.05, 0) is 43.2 Å². The summed E-state index contributed by atoms with van der Waals surface area (Å²) >= 11 is 7.98. The van der Waals surface area contributed by atoms with Crippen molar-refractivity contribution in [3.8, 4) is 5.69 Å². The molecular formula is C20H17ClN4S. The van der Waals surface area contributed by atoms with Crippen LogP contribution in [0.3, 0.4) is 0 Å². The van der Waals surface area contributed by atoms with E-state index < -0.39 is 0 Å². The molecule has 0 N–H and O–H groups in total. The van der Waals surface area contributed by atoms with E-state index in [4.69, 9.17) is 11.6 Å². The number of aromatic nitrogens is 4. The van der Waals surface area contributed by atoms with E-state index in [1.165, 1.54) is 11.1 Å². The van der Waals surface area contributed by atoms with Gasteiger partial charge in [0.1, 0.15) is 11.5 Å². The summed E-state index contributed by atoms with van der Waals surface area (Å²) in [5.41, 5.74) is 5.38. The van der Waals surface area contributed by atoms with Crippen LogP contribution in [0, 0.1) is 13.8 Å². The molecule has 2 aromatic carbocycles. The second-order valence-electron chi connectivity index (χ2n) is 6.19. The summed E-state index contributed by atoms with van der Waals surface area (Å²) in [5, 5.41) is 10.8. The highest BCUT2D eigenvalue weighted by Gasteiger charge is 2.12. The lowest BCUT2D eigenvalue weighted by Gasteiger charge is -2.11. The van der Waals surface area contributed by atoms with Crippen molar-refractivity contribution in [2.75, 3.05) is 0 Å². The van der Waals surface area contributed by atoms with Gasteiger partial charge in [-0.2, -0.15) is 0 Å². The van der Waals surface area contributed by atoms with Crippen molar-refractivity contribution in [2.24, 2.45) is 0 Å². The molecule has 0 atom stereocenters. The van der Waals surface area contributed by atoms with E-state index in [9.17, 15) is 0 Å². The van der Waals surface area contributed by atoms with Crippen LogP contribution in [0.1, 0.15) is 16.7 Å². The van der Waals surface area contributed by atoms with Gasteiger partial charge < -0.3 is 0 Å². The molecule has 0 aliphatic carbocycles. The van der Waals surface area contributed by atoms with Crippen molar-refractivity contribution in [1.29, 1.82) is 0 Å². The first kappa shape index (κ1) is 17.1. The Bertz CT molecular complexity index is 1090. The number of thioether (sulfide) groups is 1. The summed E-state index contributed by atoms with van der Waals surface area (Å²) in [6.07, 6.45) is 1.75. The van der Waals surface area contributed by atoms with E-state index in [-0.39, 0.29) is 0 Å². The lowest BCUT2D eigenvalue weighted by Crippen LogP contribution is -1.99. The zero-order valence-electron chi connectivity index (χ0n) is 14.5. The summed E-state index contributed by atoms with van der Waals surface area (Å²) < 4.78 is 2.02. The van der Waals surface area contributed by atoms with Gasteiger partial charge in [-0.1, -0.05) is 53.7 Å². The van der Waals surface area contributed by atoms with E-state index in [2.05, 4.69) is 53.3 Å². The maximum absolute atomic E-state index is 6.38. The van der Waals surface area contributed by atoms with E-state index in [1.807, 2.05) is 28.8 Å². The van der Waals surface area contributed by atoms with Crippen LogP contribution in [0.4, 0.5) is 0 Å². The lowest BCUT2D eigenvalue weighted by atomic mass is 10.1. The molecule has 0 fully saturated rings. The molecule has 130 valence electrons. The van der Waals surface area contributed by atoms with Gasteiger partial charge in [0.25, 0.3) is 0 Å². The van der Waals surface area contributed by atoms with Crippen molar-refractivity contribution >= 4 is 34.3 Å². The summed E-state index contributed by atoms with van der Waals surface area (Å²) in [6, 6.07) is 16.4. The Morgan fingerprint density at radius 2 is 1.92 bits per heavy atom. The molecule has 0 saturated heterocycles. The Morgan fingerprint density at radius 1 is 1.08 bits per heavy atom. The number of rotatable bonds is 4. The average Bonchev–Trinajstić information content (AvgIpc) is 3.10. The van der Waals surface area contributed by atoms with Gasteiger partial charge in [-0.25, -0.2) is 4.98 Å². The minimum absolute atomic E-state index is 0.536.